The van der Waals surface area contributed by atoms with E-state index in [0.717, 1.165) is 50.9 Å². The van der Waals surface area contributed by atoms with Gasteiger partial charge in [0.15, 0.2) is 0 Å². The number of carbonyl (C=O) groups is 2. The summed E-state index contributed by atoms with van der Waals surface area (Å²) >= 11 is 0. The molecule has 2 aromatic carbocycles. The number of aryl methyl sites for hydroxylation is 1. The van der Waals surface area contributed by atoms with Crippen LogP contribution in [-0.4, -0.2) is 57.1 Å². The number of hydrogen-bond acceptors (Lipinski definition) is 4. The summed E-state index contributed by atoms with van der Waals surface area (Å²) in [6.07, 6.45) is 9.17. The molecule has 0 radical (unpaired) electrons. The largest absolute Gasteiger partial charge is 0.492 e. The number of allylic oxidation sites excluding steroid dienone is 1. The number of piperidine rings is 1. The van der Waals surface area contributed by atoms with E-state index in [1.54, 1.807) is 0 Å². The molecule has 6 nitrogen and oxygen atoms in total. The summed E-state index contributed by atoms with van der Waals surface area (Å²) in [5.41, 5.74) is 2.91. The Morgan fingerprint density at radius 3 is 2.54 bits per heavy atom. The lowest BCUT2D eigenvalue weighted by molar-refractivity contribution is -0.133. The summed E-state index contributed by atoms with van der Waals surface area (Å²) in [5, 5.41) is 3.16. The number of ether oxygens (including phenoxy) is 1. The molecule has 0 bridgehead atoms. The van der Waals surface area contributed by atoms with E-state index in [9.17, 15) is 9.59 Å². The summed E-state index contributed by atoms with van der Waals surface area (Å²) in [5.74, 6) is 0.753. The van der Waals surface area contributed by atoms with E-state index in [-0.39, 0.29) is 17.2 Å². The number of para-hydroxylation sites is 1. The van der Waals surface area contributed by atoms with Crippen LogP contribution in [0.1, 0.15) is 48.0 Å². The summed E-state index contributed by atoms with van der Waals surface area (Å²) in [6.45, 7) is 2.63. The van der Waals surface area contributed by atoms with Crippen molar-refractivity contribution in [2.75, 3.05) is 45.2 Å². The summed E-state index contributed by atoms with van der Waals surface area (Å²) in [7, 11) is 4.05. The van der Waals surface area contributed by atoms with Crippen LogP contribution in [0.4, 0.5) is 5.69 Å². The zero-order valence-corrected chi connectivity index (χ0v) is 21.0. The van der Waals surface area contributed by atoms with Gasteiger partial charge in [0.2, 0.25) is 5.91 Å². The Morgan fingerprint density at radius 2 is 1.80 bits per heavy atom. The maximum Gasteiger partial charge on any atom is 0.255 e. The van der Waals surface area contributed by atoms with E-state index in [2.05, 4.69) is 46.6 Å². The van der Waals surface area contributed by atoms with Crippen molar-refractivity contribution in [3.63, 3.8) is 0 Å². The normalized spacial score (nSPS) is 18.9. The molecule has 1 saturated heterocycles. The monoisotopic (exact) mass is 475 g/mol. The molecule has 0 aromatic heterocycles. The van der Waals surface area contributed by atoms with Crippen molar-refractivity contribution in [2.45, 2.75) is 38.5 Å². The Hall–Kier alpha value is -3.28. The van der Waals surface area contributed by atoms with Gasteiger partial charge in [0, 0.05) is 45.8 Å². The highest BCUT2D eigenvalue weighted by Crippen LogP contribution is 2.36. The molecule has 0 atom stereocenters. The van der Waals surface area contributed by atoms with Crippen LogP contribution in [0.2, 0.25) is 0 Å². The molecule has 2 amide bonds. The van der Waals surface area contributed by atoms with Gasteiger partial charge in [-0.15, -0.1) is 0 Å². The number of hydrogen-bond donors (Lipinski definition) is 1. The lowest BCUT2D eigenvalue weighted by atomic mass is 9.75. The van der Waals surface area contributed by atoms with Crippen LogP contribution in [-0.2, 0) is 11.2 Å². The number of nitrogens with zero attached hydrogens (tertiary/aromatic N) is 2. The Labute approximate surface area is 208 Å². The lowest BCUT2D eigenvalue weighted by Gasteiger charge is -2.42. The van der Waals surface area contributed by atoms with Crippen LogP contribution in [0.3, 0.4) is 0 Å². The first-order valence-corrected chi connectivity index (χ1v) is 12.6. The third-order valence-electron chi connectivity index (χ3n) is 7.27. The Bertz CT molecular complexity index is 1040. The van der Waals surface area contributed by atoms with E-state index in [4.69, 9.17) is 4.74 Å². The molecule has 0 saturated carbocycles. The minimum Gasteiger partial charge on any atom is -0.492 e. The van der Waals surface area contributed by atoms with Crippen molar-refractivity contribution in [2.24, 2.45) is 5.41 Å². The highest BCUT2D eigenvalue weighted by atomic mass is 16.5. The number of carbonyl (C=O) groups excluding carboxylic acids is 2. The fourth-order valence-corrected chi connectivity index (χ4v) is 4.88. The van der Waals surface area contributed by atoms with Crippen molar-refractivity contribution in [1.82, 2.24) is 10.2 Å². The molecule has 0 aliphatic carbocycles. The molecule has 4 rings (SSSR count). The first kappa shape index (κ1) is 24.8. The minimum absolute atomic E-state index is 0.0278. The molecule has 1 N–H and O–H groups in total. The average molecular weight is 476 g/mol. The van der Waals surface area contributed by atoms with Gasteiger partial charge in [0.25, 0.3) is 5.91 Å². The fourth-order valence-electron chi connectivity index (χ4n) is 4.88. The molecule has 2 aromatic rings. The predicted molar refractivity (Wildman–Crippen MR) is 140 cm³/mol. The third kappa shape index (κ3) is 6.44. The van der Waals surface area contributed by atoms with Crippen molar-refractivity contribution >= 4 is 17.5 Å². The zero-order valence-electron chi connectivity index (χ0n) is 21.0. The average Bonchev–Trinajstić information content (AvgIpc) is 2.88. The Balaban J connectivity index is 1.34. The van der Waals surface area contributed by atoms with Crippen LogP contribution in [0.25, 0.3) is 0 Å². The molecule has 6 heteroatoms. The predicted octanol–water partition coefficient (Wildman–Crippen LogP) is 4.45. The smallest absolute Gasteiger partial charge is 0.255 e. The van der Waals surface area contributed by atoms with Gasteiger partial charge in [-0.05, 0) is 67.3 Å². The number of nitrogens with one attached hydrogen (secondary N) is 1. The van der Waals surface area contributed by atoms with Gasteiger partial charge in [0.1, 0.15) is 5.75 Å². The number of rotatable bonds is 4. The number of anilines is 1. The lowest BCUT2D eigenvalue weighted by Crippen LogP contribution is -2.48. The van der Waals surface area contributed by atoms with Gasteiger partial charge in [-0.2, -0.15) is 0 Å². The maximum atomic E-state index is 12.9. The van der Waals surface area contributed by atoms with E-state index in [0.29, 0.717) is 30.9 Å². The quantitative estimate of drug-likeness (QED) is 0.664. The molecule has 2 aliphatic heterocycles. The van der Waals surface area contributed by atoms with Crippen molar-refractivity contribution in [3.05, 3.63) is 71.8 Å². The van der Waals surface area contributed by atoms with E-state index < -0.39 is 0 Å². The van der Waals surface area contributed by atoms with Gasteiger partial charge < -0.3 is 19.9 Å². The molecule has 0 unspecified atom stereocenters. The molecule has 1 fully saturated rings. The zero-order chi connectivity index (χ0) is 24.7. The number of amides is 2. The molecule has 2 heterocycles. The fraction of sp³-hybridized carbons (Fsp3) is 0.448. The molecular formula is C29H37N3O3. The standard InChI is InChI=1S/C29H37N3O3/c1-31(2)24-13-10-23(11-14-24)12-15-27(33)32-19-17-29(18-20-32)16-6-3-7-21-35-26-9-5-4-8-25(26)28(34)30-22-29/h3-6,8-11,13-14H,7,12,15-22H2,1-2H3,(H,30,34)/b6-3+. The SMILES string of the molecule is CN(C)c1ccc(CCC(=O)N2CCC3(C/C=C/CCOc4ccccc4C(=O)NC3)CC2)cc1. The second kappa shape index (κ2) is 11.4. The van der Waals surface area contributed by atoms with Crippen LogP contribution < -0.4 is 15.0 Å². The van der Waals surface area contributed by atoms with Crippen LogP contribution >= 0.6 is 0 Å². The van der Waals surface area contributed by atoms with E-state index >= 15 is 0 Å². The second-order valence-electron chi connectivity index (χ2n) is 9.93. The third-order valence-corrected chi connectivity index (χ3v) is 7.27. The highest BCUT2D eigenvalue weighted by Gasteiger charge is 2.35. The summed E-state index contributed by atoms with van der Waals surface area (Å²) in [4.78, 5) is 29.9. The van der Waals surface area contributed by atoms with Gasteiger partial charge in [-0.1, -0.05) is 36.4 Å². The Morgan fingerprint density at radius 1 is 1.06 bits per heavy atom. The van der Waals surface area contributed by atoms with Gasteiger partial charge in [-0.25, -0.2) is 0 Å². The van der Waals surface area contributed by atoms with Crippen molar-refractivity contribution in [3.8, 4) is 5.75 Å². The topological polar surface area (TPSA) is 61.9 Å². The van der Waals surface area contributed by atoms with Crippen molar-refractivity contribution < 1.29 is 14.3 Å². The first-order valence-electron chi connectivity index (χ1n) is 12.6. The molecule has 35 heavy (non-hydrogen) atoms. The van der Waals surface area contributed by atoms with Crippen molar-refractivity contribution in [1.29, 1.82) is 0 Å². The molecule has 2 aliphatic rings. The van der Waals surface area contributed by atoms with Gasteiger partial charge in [0.05, 0.1) is 12.2 Å². The van der Waals surface area contributed by atoms with Crippen LogP contribution in [0, 0.1) is 5.41 Å². The summed E-state index contributed by atoms with van der Waals surface area (Å²) in [6, 6.07) is 15.8. The second-order valence-corrected chi connectivity index (χ2v) is 9.93. The van der Waals surface area contributed by atoms with Gasteiger partial charge >= 0.3 is 0 Å². The molecule has 186 valence electrons. The maximum absolute atomic E-state index is 12.9. The van der Waals surface area contributed by atoms with E-state index in [1.807, 2.05) is 43.3 Å². The van der Waals surface area contributed by atoms with Crippen LogP contribution in [0.15, 0.2) is 60.7 Å². The first-order chi connectivity index (χ1) is 17.0. The number of benzene rings is 2. The number of fused-ring (bicyclic) bond motifs is 1. The molecule has 1 spiro atoms. The Kier molecular flexibility index (Phi) is 8.11. The highest BCUT2D eigenvalue weighted by molar-refractivity contribution is 5.96. The number of likely N-dealkylation sites (tertiary alicyclic amines) is 1. The van der Waals surface area contributed by atoms with Gasteiger partial charge in [-0.3, -0.25) is 9.59 Å². The van der Waals surface area contributed by atoms with Crippen LogP contribution in [0.5, 0.6) is 5.75 Å². The molecular weight excluding hydrogens is 438 g/mol. The van der Waals surface area contributed by atoms with E-state index in [1.165, 1.54) is 5.56 Å². The summed E-state index contributed by atoms with van der Waals surface area (Å²) < 4.78 is 5.82. The minimum atomic E-state index is -0.0941.